The Bertz CT molecular complexity index is 458. The van der Waals surface area contributed by atoms with E-state index in [0.717, 1.165) is 6.54 Å². The molecule has 4 nitrogen and oxygen atoms in total. The molecule has 0 aromatic heterocycles. The maximum atomic E-state index is 11.0. The molecule has 0 aliphatic carbocycles. The van der Waals surface area contributed by atoms with Crippen molar-refractivity contribution in [2.75, 3.05) is 20.6 Å². The van der Waals surface area contributed by atoms with Crippen molar-refractivity contribution in [2.24, 2.45) is 0 Å². The molecule has 0 aliphatic heterocycles. The normalized spacial score (nSPS) is 12.7. The van der Waals surface area contributed by atoms with Crippen molar-refractivity contribution in [3.05, 3.63) is 34.4 Å². The molecular weight excluding hydrogens is 240 g/mol. The van der Waals surface area contributed by atoms with Crippen LogP contribution < -0.4 is 5.32 Å². The molecule has 1 atom stereocenters. The molecule has 1 rings (SSSR count). The molecule has 0 fully saturated rings. The van der Waals surface area contributed by atoms with E-state index in [0.29, 0.717) is 6.54 Å². The van der Waals surface area contributed by atoms with Crippen LogP contribution in [0.15, 0.2) is 12.1 Å². The highest BCUT2D eigenvalue weighted by Crippen LogP contribution is 2.18. The minimum atomic E-state index is -0.814. The number of hydrogen-bond donors (Lipinski definition) is 2. The third-order valence-corrected chi connectivity index (χ3v) is 3.75. The van der Waals surface area contributed by atoms with Crippen molar-refractivity contribution < 1.29 is 9.90 Å². The summed E-state index contributed by atoms with van der Waals surface area (Å²) < 4.78 is 0. The highest BCUT2D eigenvalue weighted by atomic mass is 16.4. The van der Waals surface area contributed by atoms with E-state index in [1.165, 1.54) is 22.3 Å². The van der Waals surface area contributed by atoms with E-state index >= 15 is 0 Å². The number of nitrogens with one attached hydrogen (secondary N) is 1. The van der Waals surface area contributed by atoms with Crippen LogP contribution in [0.1, 0.15) is 22.3 Å². The van der Waals surface area contributed by atoms with Crippen molar-refractivity contribution in [1.82, 2.24) is 10.2 Å². The minimum absolute atomic E-state index is 0.484. The first kappa shape index (κ1) is 15.7. The molecule has 0 saturated carbocycles. The number of likely N-dealkylation sites (N-methyl/N-ethyl adjacent to an activating group) is 2. The standard InChI is InChI=1S/C15H24N2O2/c1-10-6-7-13(12(3)11(10)2)8-17(5)9-14(16-4)15(18)19/h6-7,14,16H,8-9H2,1-5H3,(H,18,19). The molecule has 0 saturated heterocycles. The molecule has 106 valence electrons. The third-order valence-electron chi connectivity index (χ3n) is 3.75. The van der Waals surface area contributed by atoms with Gasteiger partial charge >= 0.3 is 5.97 Å². The maximum absolute atomic E-state index is 11.0. The number of carboxylic acids is 1. The smallest absolute Gasteiger partial charge is 0.322 e. The highest BCUT2D eigenvalue weighted by molar-refractivity contribution is 5.73. The van der Waals surface area contributed by atoms with Crippen LogP contribution in [0.2, 0.25) is 0 Å². The molecule has 0 amide bonds. The van der Waals surface area contributed by atoms with E-state index in [-0.39, 0.29) is 0 Å². The summed E-state index contributed by atoms with van der Waals surface area (Å²) in [5.74, 6) is -0.814. The zero-order chi connectivity index (χ0) is 14.6. The largest absolute Gasteiger partial charge is 0.480 e. The van der Waals surface area contributed by atoms with Crippen molar-refractivity contribution >= 4 is 5.97 Å². The molecule has 1 aromatic carbocycles. The number of nitrogens with zero attached hydrogens (tertiary/aromatic N) is 1. The molecule has 0 spiro atoms. The predicted octanol–water partition coefficient (Wildman–Crippen LogP) is 1.72. The molecule has 19 heavy (non-hydrogen) atoms. The van der Waals surface area contributed by atoms with E-state index in [9.17, 15) is 4.79 Å². The number of aryl methyl sites for hydroxylation is 1. The summed E-state index contributed by atoms with van der Waals surface area (Å²) in [6, 6.07) is 3.72. The van der Waals surface area contributed by atoms with Crippen LogP contribution in [0.3, 0.4) is 0 Å². The topological polar surface area (TPSA) is 52.6 Å². The summed E-state index contributed by atoms with van der Waals surface area (Å²) >= 11 is 0. The quantitative estimate of drug-likeness (QED) is 0.821. The van der Waals surface area contributed by atoms with Crippen molar-refractivity contribution in [2.45, 2.75) is 33.4 Å². The van der Waals surface area contributed by atoms with E-state index < -0.39 is 12.0 Å². The Hall–Kier alpha value is -1.39. The zero-order valence-electron chi connectivity index (χ0n) is 12.4. The highest BCUT2D eigenvalue weighted by Gasteiger charge is 2.17. The van der Waals surface area contributed by atoms with E-state index in [4.69, 9.17) is 5.11 Å². The lowest BCUT2D eigenvalue weighted by molar-refractivity contribution is -0.139. The van der Waals surface area contributed by atoms with Gasteiger partial charge < -0.3 is 10.4 Å². The van der Waals surface area contributed by atoms with Gasteiger partial charge in [-0.25, -0.2) is 0 Å². The molecule has 0 heterocycles. The second kappa shape index (κ2) is 6.68. The molecule has 4 heteroatoms. The summed E-state index contributed by atoms with van der Waals surface area (Å²) in [5, 5.41) is 11.8. The average Bonchev–Trinajstić information content (AvgIpc) is 2.36. The Labute approximate surface area is 115 Å². The molecule has 2 N–H and O–H groups in total. The fourth-order valence-corrected chi connectivity index (χ4v) is 2.14. The van der Waals surface area contributed by atoms with Crippen LogP contribution >= 0.6 is 0 Å². The lowest BCUT2D eigenvalue weighted by Crippen LogP contribution is -2.43. The Kier molecular flexibility index (Phi) is 5.51. The lowest BCUT2D eigenvalue weighted by Gasteiger charge is -2.22. The molecular formula is C15H24N2O2. The van der Waals surface area contributed by atoms with E-state index in [2.05, 4.69) is 38.2 Å². The fourth-order valence-electron chi connectivity index (χ4n) is 2.14. The Balaban J connectivity index is 2.75. The molecule has 0 aliphatic rings. The molecule has 1 aromatic rings. The van der Waals surface area contributed by atoms with Crippen LogP contribution in [0.4, 0.5) is 0 Å². The maximum Gasteiger partial charge on any atom is 0.322 e. The van der Waals surface area contributed by atoms with Gasteiger partial charge in [-0.2, -0.15) is 0 Å². The summed E-state index contributed by atoms with van der Waals surface area (Å²) in [4.78, 5) is 13.0. The number of aliphatic carboxylic acids is 1. The van der Waals surface area contributed by atoms with Gasteiger partial charge in [-0.05, 0) is 57.1 Å². The number of carbonyl (C=O) groups is 1. The van der Waals surface area contributed by atoms with Gasteiger partial charge in [0.1, 0.15) is 6.04 Å². The molecule has 1 unspecified atom stereocenters. The fraction of sp³-hybridized carbons (Fsp3) is 0.533. The van der Waals surface area contributed by atoms with Crippen LogP contribution in [-0.2, 0) is 11.3 Å². The van der Waals surface area contributed by atoms with Gasteiger partial charge in [0.05, 0.1) is 0 Å². The Morgan fingerprint density at radius 2 is 1.95 bits per heavy atom. The number of hydrogen-bond acceptors (Lipinski definition) is 3. The van der Waals surface area contributed by atoms with Gasteiger partial charge in [0, 0.05) is 13.1 Å². The van der Waals surface area contributed by atoms with Gasteiger partial charge in [-0.1, -0.05) is 12.1 Å². The third kappa shape index (κ3) is 4.04. The first-order chi connectivity index (χ1) is 8.86. The number of benzene rings is 1. The van der Waals surface area contributed by atoms with Crippen LogP contribution in [0, 0.1) is 20.8 Å². The van der Waals surface area contributed by atoms with Gasteiger partial charge in [0.15, 0.2) is 0 Å². The van der Waals surface area contributed by atoms with Gasteiger partial charge in [-0.3, -0.25) is 9.69 Å². The number of rotatable bonds is 6. The van der Waals surface area contributed by atoms with Crippen LogP contribution in [0.25, 0.3) is 0 Å². The summed E-state index contributed by atoms with van der Waals surface area (Å²) in [7, 11) is 3.62. The first-order valence-electron chi connectivity index (χ1n) is 6.51. The summed E-state index contributed by atoms with van der Waals surface area (Å²) in [6.45, 7) is 7.61. The summed E-state index contributed by atoms with van der Waals surface area (Å²) in [5.41, 5.74) is 5.16. The van der Waals surface area contributed by atoms with Gasteiger partial charge in [0.25, 0.3) is 0 Å². The number of carboxylic acid groups (broad SMARTS) is 1. The second-order valence-electron chi connectivity index (χ2n) is 5.17. The Morgan fingerprint density at radius 1 is 1.32 bits per heavy atom. The van der Waals surface area contributed by atoms with Crippen molar-refractivity contribution in [3.8, 4) is 0 Å². The lowest BCUT2D eigenvalue weighted by atomic mass is 9.98. The first-order valence-corrected chi connectivity index (χ1v) is 6.51. The SMILES string of the molecule is CNC(CN(C)Cc1ccc(C)c(C)c1C)C(=O)O. The van der Waals surface area contributed by atoms with Crippen LogP contribution in [0.5, 0.6) is 0 Å². The van der Waals surface area contributed by atoms with Gasteiger partial charge in [0.2, 0.25) is 0 Å². The average molecular weight is 264 g/mol. The predicted molar refractivity (Wildman–Crippen MR) is 77.5 cm³/mol. The second-order valence-corrected chi connectivity index (χ2v) is 5.17. The minimum Gasteiger partial charge on any atom is -0.480 e. The van der Waals surface area contributed by atoms with E-state index in [1.54, 1.807) is 7.05 Å². The summed E-state index contributed by atoms with van der Waals surface area (Å²) in [6.07, 6.45) is 0. The van der Waals surface area contributed by atoms with Crippen molar-refractivity contribution in [1.29, 1.82) is 0 Å². The monoisotopic (exact) mass is 264 g/mol. The van der Waals surface area contributed by atoms with Crippen molar-refractivity contribution in [3.63, 3.8) is 0 Å². The van der Waals surface area contributed by atoms with Crippen LogP contribution in [-0.4, -0.2) is 42.7 Å². The molecule has 0 bridgehead atoms. The van der Waals surface area contributed by atoms with Gasteiger partial charge in [-0.15, -0.1) is 0 Å². The van der Waals surface area contributed by atoms with E-state index in [1.807, 2.05) is 11.9 Å². The zero-order valence-corrected chi connectivity index (χ0v) is 12.4. The molecule has 0 radical (unpaired) electrons. The Morgan fingerprint density at radius 3 is 2.47 bits per heavy atom.